The molecular weight excluding hydrogens is 226 g/mol. The van der Waals surface area contributed by atoms with Crippen LogP contribution in [0.15, 0.2) is 5.10 Å². The third kappa shape index (κ3) is 3.77. The summed E-state index contributed by atoms with van der Waals surface area (Å²) in [6.45, 7) is 5.64. The highest BCUT2D eigenvalue weighted by Crippen LogP contribution is 2.32. The molecule has 0 aromatic heterocycles. The molecular formula is C10H17N3O2S. The van der Waals surface area contributed by atoms with Gasteiger partial charge in [0.15, 0.2) is 5.11 Å². The van der Waals surface area contributed by atoms with Crippen LogP contribution in [0.5, 0.6) is 0 Å². The summed E-state index contributed by atoms with van der Waals surface area (Å²) >= 11 is 4.62. The van der Waals surface area contributed by atoms with Gasteiger partial charge >= 0.3 is 5.97 Å². The van der Waals surface area contributed by atoms with Crippen LogP contribution in [-0.4, -0.2) is 22.4 Å². The number of rotatable bonds is 3. The number of ether oxygens (including phenoxy) is 1. The molecule has 0 amide bonds. The average molecular weight is 243 g/mol. The van der Waals surface area contributed by atoms with Crippen LogP contribution in [0.25, 0.3) is 0 Å². The molecule has 3 N–H and O–H groups in total. The summed E-state index contributed by atoms with van der Waals surface area (Å²) in [4.78, 5) is 11.5. The van der Waals surface area contributed by atoms with Crippen LogP contribution >= 0.6 is 12.2 Å². The lowest BCUT2D eigenvalue weighted by Crippen LogP contribution is -2.25. The van der Waals surface area contributed by atoms with Gasteiger partial charge in [0, 0.05) is 18.6 Å². The highest BCUT2D eigenvalue weighted by Gasteiger charge is 2.39. The molecule has 0 aliphatic carbocycles. The second-order valence-corrected chi connectivity index (χ2v) is 5.05. The Balaban J connectivity index is 2.52. The Kier molecular flexibility index (Phi) is 3.85. The number of hydrogen-bond donors (Lipinski definition) is 2. The van der Waals surface area contributed by atoms with Crippen molar-refractivity contribution < 1.29 is 9.53 Å². The topological polar surface area (TPSA) is 76.7 Å². The number of nitrogens with one attached hydrogen (secondary N) is 1. The molecule has 0 unspecified atom stereocenters. The van der Waals surface area contributed by atoms with Gasteiger partial charge in [0.2, 0.25) is 0 Å². The quantitative estimate of drug-likeness (QED) is 0.334. The van der Waals surface area contributed by atoms with Gasteiger partial charge in [-0.15, -0.1) is 0 Å². The largest absolute Gasteiger partial charge is 0.459 e. The zero-order valence-electron chi connectivity index (χ0n) is 9.74. The van der Waals surface area contributed by atoms with E-state index in [-0.39, 0.29) is 22.6 Å². The number of nitrogens with zero attached hydrogens (tertiary/aromatic N) is 1. The van der Waals surface area contributed by atoms with Gasteiger partial charge in [0.1, 0.15) is 5.60 Å². The molecule has 1 saturated heterocycles. The number of cyclic esters (lactones) is 1. The Labute approximate surface area is 100 Å². The van der Waals surface area contributed by atoms with E-state index in [1.807, 2.05) is 20.8 Å². The Morgan fingerprint density at radius 1 is 1.75 bits per heavy atom. The lowest BCUT2D eigenvalue weighted by atomic mass is 9.93. The first-order valence-corrected chi connectivity index (χ1v) is 5.52. The van der Waals surface area contributed by atoms with E-state index in [0.29, 0.717) is 12.8 Å². The van der Waals surface area contributed by atoms with Gasteiger partial charge in [-0.05, 0) is 33.0 Å². The smallest absolute Gasteiger partial charge is 0.310 e. The van der Waals surface area contributed by atoms with Crippen LogP contribution in [0.3, 0.4) is 0 Å². The predicted octanol–water partition coefficient (Wildman–Crippen LogP) is 0.927. The number of nitrogens with two attached hydrogens (primary N) is 1. The van der Waals surface area contributed by atoms with Gasteiger partial charge in [-0.2, -0.15) is 5.10 Å². The summed E-state index contributed by atoms with van der Waals surface area (Å²) in [6, 6.07) is 0. The second kappa shape index (κ2) is 4.78. The third-order valence-electron chi connectivity index (χ3n) is 2.35. The average Bonchev–Trinajstić information content (AvgIpc) is 2.36. The van der Waals surface area contributed by atoms with Gasteiger partial charge < -0.3 is 10.5 Å². The van der Waals surface area contributed by atoms with Crippen LogP contribution in [0.1, 0.15) is 33.6 Å². The molecule has 1 atom stereocenters. The maximum absolute atomic E-state index is 11.5. The molecule has 1 aliphatic rings. The van der Waals surface area contributed by atoms with Crippen molar-refractivity contribution in [2.45, 2.75) is 39.2 Å². The van der Waals surface area contributed by atoms with Crippen LogP contribution in [0.2, 0.25) is 0 Å². The molecule has 5 nitrogen and oxygen atoms in total. The molecule has 1 aliphatic heterocycles. The van der Waals surface area contributed by atoms with Crippen LogP contribution in [0, 0.1) is 5.92 Å². The molecule has 0 bridgehead atoms. The molecule has 0 spiro atoms. The lowest BCUT2D eigenvalue weighted by Gasteiger charge is -2.14. The zero-order chi connectivity index (χ0) is 12.3. The van der Waals surface area contributed by atoms with Gasteiger partial charge in [0.25, 0.3) is 0 Å². The highest BCUT2D eigenvalue weighted by molar-refractivity contribution is 7.80. The number of hydrazone groups is 1. The van der Waals surface area contributed by atoms with Crippen LogP contribution in [-0.2, 0) is 9.53 Å². The van der Waals surface area contributed by atoms with E-state index in [9.17, 15) is 4.79 Å². The Hall–Kier alpha value is -1.17. The molecule has 16 heavy (non-hydrogen) atoms. The van der Waals surface area contributed by atoms with Crippen molar-refractivity contribution in [2.75, 3.05) is 0 Å². The maximum Gasteiger partial charge on any atom is 0.310 e. The van der Waals surface area contributed by atoms with Crippen LogP contribution < -0.4 is 11.2 Å². The molecule has 90 valence electrons. The Morgan fingerprint density at radius 2 is 2.38 bits per heavy atom. The van der Waals surface area contributed by atoms with E-state index in [1.54, 1.807) is 0 Å². The lowest BCUT2D eigenvalue weighted by molar-refractivity contribution is -0.148. The first kappa shape index (κ1) is 12.9. The maximum atomic E-state index is 11.5. The summed E-state index contributed by atoms with van der Waals surface area (Å²) in [6.07, 6.45) is 1.28. The summed E-state index contributed by atoms with van der Waals surface area (Å²) in [7, 11) is 0. The minimum Gasteiger partial charge on any atom is -0.459 e. The standard InChI is InChI=1S/C10H17N3O2S/c1-6(12-13-9(11)16)4-7-5-10(2,3)15-8(7)14/h7H,4-5H2,1-3H3,(H3,11,13,16)/t7-/m1/s1. The monoisotopic (exact) mass is 243 g/mol. The molecule has 0 radical (unpaired) electrons. The second-order valence-electron chi connectivity index (χ2n) is 4.61. The normalized spacial score (nSPS) is 24.1. The summed E-state index contributed by atoms with van der Waals surface area (Å²) in [5.41, 5.74) is 8.16. The fourth-order valence-corrected chi connectivity index (χ4v) is 1.83. The molecule has 1 heterocycles. The van der Waals surface area contributed by atoms with Crippen molar-refractivity contribution in [3.8, 4) is 0 Å². The molecule has 0 aromatic rings. The minimum atomic E-state index is -0.362. The molecule has 0 aromatic carbocycles. The summed E-state index contributed by atoms with van der Waals surface area (Å²) in [5, 5.41) is 4.08. The fourth-order valence-electron chi connectivity index (χ4n) is 1.78. The molecule has 6 heteroatoms. The number of esters is 1. The van der Waals surface area contributed by atoms with Crippen molar-refractivity contribution in [3.05, 3.63) is 0 Å². The van der Waals surface area contributed by atoms with Crippen molar-refractivity contribution in [1.29, 1.82) is 0 Å². The Morgan fingerprint density at radius 3 is 2.81 bits per heavy atom. The molecule has 0 saturated carbocycles. The molecule has 1 fully saturated rings. The number of hydrogen-bond acceptors (Lipinski definition) is 4. The van der Waals surface area contributed by atoms with Crippen molar-refractivity contribution in [3.63, 3.8) is 0 Å². The van der Waals surface area contributed by atoms with E-state index in [1.165, 1.54) is 0 Å². The molecule has 1 rings (SSSR count). The predicted molar refractivity (Wildman–Crippen MR) is 65.9 cm³/mol. The number of thiocarbonyl (C=S) groups is 1. The van der Waals surface area contributed by atoms with Gasteiger partial charge in [0.05, 0.1) is 5.92 Å². The van der Waals surface area contributed by atoms with Crippen LogP contribution in [0.4, 0.5) is 0 Å². The van der Waals surface area contributed by atoms with E-state index in [4.69, 9.17) is 10.5 Å². The van der Waals surface area contributed by atoms with E-state index in [2.05, 4.69) is 22.7 Å². The highest BCUT2D eigenvalue weighted by atomic mass is 32.1. The van der Waals surface area contributed by atoms with Gasteiger partial charge in [-0.1, -0.05) is 0 Å². The first-order valence-electron chi connectivity index (χ1n) is 5.11. The fraction of sp³-hybridized carbons (Fsp3) is 0.700. The van der Waals surface area contributed by atoms with Crippen molar-refractivity contribution >= 4 is 29.0 Å². The van der Waals surface area contributed by atoms with E-state index < -0.39 is 0 Å². The summed E-state index contributed by atoms with van der Waals surface area (Å²) in [5.74, 6) is -0.276. The van der Waals surface area contributed by atoms with Crippen molar-refractivity contribution in [1.82, 2.24) is 5.43 Å². The summed E-state index contributed by atoms with van der Waals surface area (Å²) < 4.78 is 5.22. The zero-order valence-corrected chi connectivity index (χ0v) is 10.6. The Bertz CT molecular complexity index is 339. The SMILES string of the molecule is CC(C[C@@H]1CC(C)(C)OC1=O)=NNC(N)=S. The van der Waals surface area contributed by atoms with Gasteiger partial charge in [-0.3, -0.25) is 10.2 Å². The van der Waals surface area contributed by atoms with E-state index in [0.717, 1.165) is 5.71 Å². The van der Waals surface area contributed by atoms with Crippen molar-refractivity contribution in [2.24, 2.45) is 16.8 Å². The minimum absolute atomic E-state index is 0.119. The number of carbonyl (C=O) groups is 1. The van der Waals surface area contributed by atoms with E-state index >= 15 is 0 Å². The first-order chi connectivity index (χ1) is 7.30. The third-order valence-corrected chi connectivity index (χ3v) is 2.44. The number of carbonyl (C=O) groups excluding carboxylic acids is 1. The van der Waals surface area contributed by atoms with Gasteiger partial charge in [-0.25, -0.2) is 0 Å².